The van der Waals surface area contributed by atoms with Crippen LogP contribution in [0.4, 0.5) is 0 Å². The lowest BCUT2D eigenvalue weighted by Gasteiger charge is -2.13. The molecular weight excluding hydrogens is 192 g/mol. The molecule has 0 bridgehead atoms. The summed E-state index contributed by atoms with van der Waals surface area (Å²) >= 11 is 0. The van der Waals surface area contributed by atoms with E-state index in [4.69, 9.17) is 0 Å². The fraction of sp³-hybridized carbons (Fsp3) is 0.455. The summed E-state index contributed by atoms with van der Waals surface area (Å²) in [5.74, 6) is 0. The van der Waals surface area contributed by atoms with Crippen molar-refractivity contribution in [2.24, 2.45) is 0 Å². The van der Waals surface area contributed by atoms with Crippen molar-refractivity contribution in [1.82, 2.24) is 4.90 Å². The topological polar surface area (TPSA) is 46.4 Å². The molecule has 2 rings (SSSR count). The molecule has 4 nitrogen and oxygen atoms in total. The Bertz CT molecular complexity index is 340. The zero-order valence-corrected chi connectivity index (χ0v) is 8.50. The molecule has 0 N–H and O–H groups in total. The van der Waals surface area contributed by atoms with Crippen LogP contribution in [0.25, 0.3) is 0 Å². The van der Waals surface area contributed by atoms with Crippen LogP contribution in [0, 0.1) is 10.1 Å². The van der Waals surface area contributed by atoms with Gasteiger partial charge in [-0.05, 0) is 5.56 Å². The zero-order valence-electron chi connectivity index (χ0n) is 8.50. The van der Waals surface area contributed by atoms with Gasteiger partial charge >= 0.3 is 0 Å². The van der Waals surface area contributed by atoms with Gasteiger partial charge in [0.15, 0.2) is 0 Å². The highest BCUT2D eigenvalue weighted by Crippen LogP contribution is 2.14. The molecule has 1 atom stereocenters. The molecule has 1 aliphatic heterocycles. The lowest BCUT2D eigenvalue weighted by molar-refractivity contribution is -0.518. The van der Waals surface area contributed by atoms with Gasteiger partial charge in [0.1, 0.15) is 0 Å². The number of benzene rings is 1. The molecule has 1 heterocycles. The number of hydrogen-bond donors (Lipinski definition) is 0. The molecule has 0 unspecified atom stereocenters. The highest BCUT2D eigenvalue weighted by Gasteiger charge is 2.30. The van der Waals surface area contributed by atoms with Crippen molar-refractivity contribution in [3.8, 4) is 0 Å². The molecule has 1 aliphatic rings. The maximum atomic E-state index is 10.6. The van der Waals surface area contributed by atoms with Crippen LogP contribution in [-0.4, -0.2) is 29.0 Å². The van der Waals surface area contributed by atoms with E-state index >= 15 is 0 Å². The van der Waals surface area contributed by atoms with E-state index in [9.17, 15) is 10.1 Å². The maximum absolute atomic E-state index is 10.6. The van der Waals surface area contributed by atoms with Gasteiger partial charge in [0.25, 0.3) is 0 Å². The molecule has 0 spiro atoms. The SMILES string of the molecule is O=[N+]([O-])[C@@H]1CCN(Cc2ccccc2)C1. The van der Waals surface area contributed by atoms with Crippen molar-refractivity contribution >= 4 is 0 Å². The summed E-state index contributed by atoms with van der Waals surface area (Å²) < 4.78 is 0. The van der Waals surface area contributed by atoms with Gasteiger partial charge in [-0.2, -0.15) is 0 Å². The van der Waals surface area contributed by atoms with Crippen molar-refractivity contribution < 1.29 is 4.92 Å². The second kappa shape index (κ2) is 4.40. The molecular formula is C11H14N2O2. The number of hydrogen-bond acceptors (Lipinski definition) is 3. The minimum Gasteiger partial charge on any atom is -0.292 e. The van der Waals surface area contributed by atoms with Crippen LogP contribution in [-0.2, 0) is 6.54 Å². The van der Waals surface area contributed by atoms with E-state index in [1.54, 1.807) is 0 Å². The van der Waals surface area contributed by atoms with Gasteiger partial charge in [-0.25, -0.2) is 0 Å². The summed E-state index contributed by atoms with van der Waals surface area (Å²) in [7, 11) is 0. The van der Waals surface area contributed by atoms with Crippen LogP contribution < -0.4 is 0 Å². The predicted molar refractivity (Wildman–Crippen MR) is 57.1 cm³/mol. The molecule has 1 aromatic carbocycles. The third kappa shape index (κ3) is 2.53. The van der Waals surface area contributed by atoms with Crippen molar-refractivity contribution in [2.75, 3.05) is 13.1 Å². The van der Waals surface area contributed by atoms with Gasteiger partial charge in [0.05, 0.1) is 6.54 Å². The van der Waals surface area contributed by atoms with Gasteiger partial charge in [-0.3, -0.25) is 15.0 Å². The van der Waals surface area contributed by atoms with Crippen LogP contribution in [0.1, 0.15) is 12.0 Å². The average Bonchev–Trinajstić information content (AvgIpc) is 2.68. The Kier molecular flexibility index (Phi) is 2.97. The number of nitro groups is 1. The van der Waals surface area contributed by atoms with Crippen molar-refractivity contribution in [3.63, 3.8) is 0 Å². The van der Waals surface area contributed by atoms with E-state index in [0.29, 0.717) is 13.0 Å². The monoisotopic (exact) mass is 206 g/mol. The first kappa shape index (κ1) is 10.1. The number of nitrogens with zero attached hydrogens (tertiary/aromatic N) is 2. The van der Waals surface area contributed by atoms with E-state index in [2.05, 4.69) is 17.0 Å². The Morgan fingerprint density at radius 3 is 2.73 bits per heavy atom. The summed E-state index contributed by atoms with van der Waals surface area (Å²) in [6.07, 6.45) is 0.680. The van der Waals surface area contributed by atoms with Gasteiger partial charge < -0.3 is 0 Å². The minimum atomic E-state index is -0.367. The lowest BCUT2D eigenvalue weighted by atomic mass is 10.2. The van der Waals surface area contributed by atoms with Gasteiger partial charge in [-0.15, -0.1) is 0 Å². The van der Waals surface area contributed by atoms with E-state index in [1.165, 1.54) is 5.56 Å². The van der Waals surface area contributed by atoms with Gasteiger partial charge in [0, 0.05) is 24.4 Å². The van der Waals surface area contributed by atoms with Crippen LogP contribution >= 0.6 is 0 Å². The molecule has 80 valence electrons. The molecule has 0 amide bonds. The summed E-state index contributed by atoms with van der Waals surface area (Å²) in [5, 5.41) is 10.6. The Morgan fingerprint density at radius 2 is 2.13 bits per heavy atom. The van der Waals surface area contributed by atoms with Gasteiger partial charge in [-0.1, -0.05) is 30.3 Å². The maximum Gasteiger partial charge on any atom is 0.226 e. The second-order valence-corrected chi connectivity index (χ2v) is 3.95. The summed E-state index contributed by atoms with van der Waals surface area (Å²) in [6.45, 7) is 2.24. The summed E-state index contributed by atoms with van der Waals surface area (Å²) in [4.78, 5) is 12.6. The summed E-state index contributed by atoms with van der Waals surface area (Å²) in [6, 6.07) is 9.72. The van der Waals surface area contributed by atoms with Crippen LogP contribution in [0.5, 0.6) is 0 Å². The number of likely N-dealkylation sites (tertiary alicyclic amines) is 1. The van der Waals surface area contributed by atoms with Crippen molar-refractivity contribution in [1.29, 1.82) is 0 Å². The normalized spacial score (nSPS) is 21.7. The van der Waals surface area contributed by atoms with E-state index in [1.807, 2.05) is 18.2 Å². The van der Waals surface area contributed by atoms with Crippen LogP contribution in [0.15, 0.2) is 30.3 Å². The molecule has 4 heteroatoms. The first-order chi connectivity index (χ1) is 7.25. The van der Waals surface area contributed by atoms with Crippen molar-refractivity contribution in [2.45, 2.75) is 19.0 Å². The van der Waals surface area contributed by atoms with Gasteiger partial charge in [0.2, 0.25) is 6.04 Å². The molecule has 0 aromatic heterocycles. The van der Waals surface area contributed by atoms with E-state index < -0.39 is 0 Å². The molecule has 0 radical (unpaired) electrons. The highest BCUT2D eigenvalue weighted by molar-refractivity contribution is 5.14. The van der Waals surface area contributed by atoms with E-state index in [-0.39, 0.29) is 11.0 Å². The number of rotatable bonds is 3. The third-order valence-electron chi connectivity index (χ3n) is 2.79. The summed E-state index contributed by atoms with van der Waals surface area (Å²) in [5.41, 5.74) is 1.22. The fourth-order valence-corrected chi connectivity index (χ4v) is 1.97. The van der Waals surface area contributed by atoms with Crippen LogP contribution in [0.3, 0.4) is 0 Å². The van der Waals surface area contributed by atoms with Crippen LogP contribution in [0.2, 0.25) is 0 Å². The molecule has 0 saturated carbocycles. The molecule has 1 aromatic rings. The predicted octanol–water partition coefficient (Wildman–Crippen LogP) is 1.54. The van der Waals surface area contributed by atoms with E-state index in [0.717, 1.165) is 13.1 Å². The minimum absolute atomic E-state index is 0.162. The average molecular weight is 206 g/mol. The fourth-order valence-electron chi connectivity index (χ4n) is 1.97. The standard InChI is InChI=1S/C11H14N2O2/c14-13(15)11-6-7-12(9-11)8-10-4-2-1-3-5-10/h1-5,11H,6-9H2/t11-/m1/s1. The first-order valence-electron chi connectivity index (χ1n) is 5.15. The molecule has 15 heavy (non-hydrogen) atoms. The Balaban J connectivity index is 1.90. The Morgan fingerprint density at radius 1 is 1.40 bits per heavy atom. The lowest BCUT2D eigenvalue weighted by Crippen LogP contribution is -2.25. The third-order valence-corrected chi connectivity index (χ3v) is 2.79. The second-order valence-electron chi connectivity index (χ2n) is 3.95. The Labute approximate surface area is 88.7 Å². The molecule has 1 saturated heterocycles. The highest BCUT2D eigenvalue weighted by atomic mass is 16.6. The quantitative estimate of drug-likeness (QED) is 0.556. The Hall–Kier alpha value is -1.42. The molecule has 1 fully saturated rings. The first-order valence-corrected chi connectivity index (χ1v) is 5.15. The van der Waals surface area contributed by atoms with Crippen molar-refractivity contribution in [3.05, 3.63) is 46.0 Å². The zero-order chi connectivity index (χ0) is 10.7. The smallest absolute Gasteiger partial charge is 0.226 e. The molecule has 0 aliphatic carbocycles. The largest absolute Gasteiger partial charge is 0.292 e.